The molecule has 0 radical (unpaired) electrons. The molecule has 0 rings (SSSR count). The topological polar surface area (TPSA) is 0 Å². The van der Waals surface area contributed by atoms with Crippen LogP contribution in [0.3, 0.4) is 0 Å². The Morgan fingerprint density at radius 2 is 1.79 bits per heavy atom. The van der Waals surface area contributed by atoms with Gasteiger partial charge in [0.1, 0.15) is 0 Å². The molecule has 0 saturated carbocycles. The summed E-state index contributed by atoms with van der Waals surface area (Å²) in [5.41, 5.74) is 0. The first kappa shape index (κ1) is 15.3. The van der Waals surface area contributed by atoms with Gasteiger partial charge >= 0.3 is 0 Å². The van der Waals surface area contributed by atoms with Gasteiger partial charge < -0.3 is 0 Å². The Morgan fingerprint density at radius 3 is 2.14 bits per heavy atom. The van der Waals surface area contributed by atoms with Crippen LogP contribution in [0.4, 0.5) is 8.78 Å². The molecule has 14 heavy (non-hydrogen) atoms. The lowest BCUT2D eigenvalue weighted by atomic mass is 9.98. The van der Waals surface area contributed by atoms with Gasteiger partial charge in [-0.15, -0.1) is 0 Å². The fraction of sp³-hybridized carbons (Fsp3) is 1.00. The van der Waals surface area contributed by atoms with E-state index in [4.69, 9.17) is 0 Å². The molecular formula is C10H18F2I2. The van der Waals surface area contributed by atoms with Gasteiger partial charge in [-0.1, -0.05) is 13.8 Å². The van der Waals surface area contributed by atoms with E-state index in [-0.39, 0.29) is 5.92 Å². The van der Waals surface area contributed by atoms with Crippen molar-refractivity contribution in [1.82, 2.24) is 0 Å². The summed E-state index contributed by atoms with van der Waals surface area (Å²) in [6.07, 6.45) is 2.57. The third kappa shape index (κ3) is 6.74. The van der Waals surface area contributed by atoms with Gasteiger partial charge in [0.05, 0.1) is 0 Å². The largest absolute Gasteiger partial charge is 0.232 e. The van der Waals surface area contributed by atoms with Crippen molar-refractivity contribution in [3.05, 3.63) is 0 Å². The summed E-state index contributed by atoms with van der Waals surface area (Å²) in [7, 11) is 0. The van der Waals surface area contributed by atoms with Gasteiger partial charge in [-0.2, -0.15) is 0 Å². The molecule has 0 aliphatic heterocycles. The number of hydrogen-bond acceptors (Lipinski definition) is 0. The molecule has 0 aromatic carbocycles. The van der Waals surface area contributed by atoms with Gasteiger partial charge in [0.2, 0.25) is 0 Å². The molecule has 0 N–H and O–H groups in total. The number of rotatable bonds is 6. The Morgan fingerprint density at radius 1 is 1.29 bits per heavy atom. The fourth-order valence-corrected chi connectivity index (χ4v) is 1.79. The maximum atomic E-state index is 13.5. The summed E-state index contributed by atoms with van der Waals surface area (Å²) in [6.45, 7) is 5.30. The molecule has 0 spiro atoms. The summed E-state index contributed by atoms with van der Waals surface area (Å²) in [4.78, 5) is 0. The minimum Gasteiger partial charge on any atom is -0.232 e. The summed E-state index contributed by atoms with van der Waals surface area (Å²) in [5.74, 6) is -0.00726. The minimum absolute atomic E-state index is 0.00726. The first-order valence-electron chi connectivity index (χ1n) is 4.94. The second kappa shape index (κ2) is 6.15. The van der Waals surface area contributed by atoms with Gasteiger partial charge in [-0.25, -0.2) is 8.78 Å². The van der Waals surface area contributed by atoms with Crippen LogP contribution in [0.5, 0.6) is 0 Å². The van der Waals surface area contributed by atoms with Crippen molar-refractivity contribution in [3.63, 3.8) is 0 Å². The van der Waals surface area contributed by atoms with Gasteiger partial charge in [0, 0.05) is 0 Å². The highest BCUT2D eigenvalue weighted by Crippen LogP contribution is 2.36. The Bertz CT molecular complexity index is 164. The van der Waals surface area contributed by atoms with E-state index in [1.807, 2.05) is 59.0 Å². The van der Waals surface area contributed by atoms with Gasteiger partial charge in [0.25, 0.3) is 0 Å². The maximum absolute atomic E-state index is 13.5. The van der Waals surface area contributed by atoms with E-state index in [1.165, 1.54) is 0 Å². The summed E-state index contributed by atoms with van der Waals surface area (Å²) in [5, 5.41) is 0. The fourth-order valence-electron chi connectivity index (χ4n) is 1.10. The molecule has 3 atom stereocenters. The quantitative estimate of drug-likeness (QED) is 0.390. The first-order valence-corrected chi connectivity index (χ1v) is 7.10. The monoisotopic (exact) mass is 430 g/mol. The smallest absolute Gasteiger partial charge is 0.161 e. The SMILES string of the molecule is CCC(F)(I)CCCC(C)C(C)(F)I. The summed E-state index contributed by atoms with van der Waals surface area (Å²) < 4.78 is 24.6. The zero-order valence-electron chi connectivity index (χ0n) is 8.92. The average Bonchev–Trinajstić information content (AvgIpc) is 2.02. The molecule has 0 aliphatic carbocycles. The van der Waals surface area contributed by atoms with Crippen LogP contribution in [0.2, 0.25) is 0 Å². The molecule has 0 aromatic rings. The van der Waals surface area contributed by atoms with Crippen molar-refractivity contribution in [1.29, 1.82) is 0 Å². The maximum Gasteiger partial charge on any atom is 0.161 e. The molecule has 0 bridgehead atoms. The van der Waals surface area contributed by atoms with Crippen molar-refractivity contribution < 1.29 is 8.78 Å². The lowest BCUT2D eigenvalue weighted by molar-refractivity contribution is 0.215. The van der Waals surface area contributed by atoms with E-state index in [0.29, 0.717) is 12.8 Å². The molecule has 0 heterocycles. The zero-order valence-corrected chi connectivity index (χ0v) is 13.2. The lowest BCUT2D eigenvalue weighted by Gasteiger charge is -2.22. The molecule has 0 saturated heterocycles. The van der Waals surface area contributed by atoms with Crippen molar-refractivity contribution in [2.75, 3.05) is 0 Å². The second-order valence-electron chi connectivity index (χ2n) is 3.96. The van der Waals surface area contributed by atoms with Crippen LogP contribution in [0.15, 0.2) is 0 Å². The number of hydrogen-bond donors (Lipinski definition) is 0. The molecule has 86 valence electrons. The molecule has 0 fully saturated rings. The lowest BCUT2D eigenvalue weighted by Crippen LogP contribution is -2.20. The third-order valence-corrected chi connectivity index (χ3v) is 4.93. The second-order valence-corrected chi connectivity index (χ2v) is 8.00. The van der Waals surface area contributed by atoms with Gasteiger partial charge in [0.15, 0.2) is 7.35 Å². The van der Waals surface area contributed by atoms with Crippen LogP contribution >= 0.6 is 45.2 Å². The normalized spacial score (nSPS) is 22.5. The predicted molar refractivity (Wildman–Crippen MR) is 74.7 cm³/mol. The Kier molecular flexibility index (Phi) is 6.73. The van der Waals surface area contributed by atoms with Crippen LogP contribution in [0.25, 0.3) is 0 Å². The molecule has 0 amide bonds. The Balaban J connectivity index is 3.75. The van der Waals surface area contributed by atoms with Crippen molar-refractivity contribution in [2.45, 2.75) is 53.8 Å². The highest BCUT2D eigenvalue weighted by molar-refractivity contribution is 14.1. The third-order valence-electron chi connectivity index (χ3n) is 2.56. The molecule has 0 aromatic heterocycles. The standard InChI is InChI=1S/C10H18F2I2/c1-4-10(12,14)7-5-6-8(2)9(3,11)13/h8H,4-7H2,1-3H3. The predicted octanol–water partition coefficient (Wildman–Crippen LogP) is 5.42. The van der Waals surface area contributed by atoms with Crippen LogP contribution in [0.1, 0.15) is 46.5 Å². The average molecular weight is 430 g/mol. The first-order chi connectivity index (χ1) is 6.19. The van der Waals surface area contributed by atoms with E-state index >= 15 is 0 Å². The number of alkyl halides is 4. The van der Waals surface area contributed by atoms with Crippen molar-refractivity contribution in [2.24, 2.45) is 5.92 Å². The Labute approximate surface area is 113 Å². The highest BCUT2D eigenvalue weighted by atomic mass is 127. The molecule has 3 unspecified atom stereocenters. The summed E-state index contributed by atoms with van der Waals surface area (Å²) >= 11 is 3.66. The molecule has 0 aliphatic rings. The molecule has 4 heteroatoms. The van der Waals surface area contributed by atoms with Crippen LogP contribution < -0.4 is 0 Å². The van der Waals surface area contributed by atoms with Crippen LogP contribution in [0, 0.1) is 5.92 Å². The highest BCUT2D eigenvalue weighted by Gasteiger charge is 2.28. The van der Waals surface area contributed by atoms with E-state index in [0.717, 1.165) is 12.8 Å². The molecular weight excluding hydrogens is 412 g/mol. The van der Waals surface area contributed by atoms with Crippen LogP contribution in [-0.2, 0) is 0 Å². The molecule has 0 nitrogen and oxygen atoms in total. The van der Waals surface area contributed by atoms with Gasteiger partial charge in [-0.05, 0) is 83.7 Å². The zero-order chi connectivity index (χ0) is 11.4. The van der Waals surface area contributed by atoms with Crippen molar-refractivity contribution >= 4 is 45.2 Å². The van der Waals surface area contributed by atoms with E-state index in [2.05, 4.69) is 0 Å². The van der Waals surface area contributed by atoms with Gasteiger partial charge in [-0.3, -0.25) is 0 Å². The van der Waals surface area contributed by atoms with E-state index in [9.17, 15) is 8.78 Å². The number of halogens is 4. The van der Waals surface area contributed by atoms with Crippen molar-refractivity contribution in [3.8, 4) is 0 Å². The Hall–Kier alpha value is 1.32. The summed E-state index contributed by atoms with van der Waals surface area (Å²) in [6, 6.07) is 0. The van der Waals surface area contributed by atoms with E-state index in [1.54, 1.807) is 6.92 Å². The van der Waals surface area contributed by atoms with Crippen LogP contribution in [-0.4, -0.2) is 7.35 Å². The van der Waals surface area contributed by atoms with E-state index < -0.39 is 7.35 Å². The minimum atomic E-state index is -1.17.